The molecule has 2 aromatic carbocycles. The van der Waals surface area contributed by atoms with Crippen molar-refractivity contribution in [1.29, 1.82) is 0 Å². The quantitative estimate of drug-likeness (QED) is 0.837. The minimum atomic E-state index is -0.0426. The average molecular weight is 259 g/mol. The van der Waals surface area contributed by atoms with Gasteiger partial charge in [0.2, 0.25) is 0 Å². The van der Waals surface area contributed by atoms with Crippen molar-refractivity contribution in [1.82, 2.24) is 5.32 Å². The van der Waals surface area contributed by atoms with Gasteiger partial charge in [-0.3, -0.25) is 0 Å². The molecule has 0 saturated heterocycles. The predicted octanol–water partition coefficient (Wildman–Crippen LogP) is 2.50. The molecule has 0 aromatic heterocycles. The number of hydrogen-bond acceptors (Lipinski definition) is 3. The lowest BCUT2D eigenvalue weighted by atomic mass is 9.99. The molecule has 0 aliphatic rings. The zero-order valence-corrected chi connectivity index (χ0v) is 11.5. The van der Waals surface area contributed by atoms with Crippen LogP contribution in [0.1, 0.15) is 18.5 Å². The fourth-order valence-corrected chi connectivity index (χ4v) is 2.43. The van der Waals surface area contributed by atoms with Crippen molar-refractivity contribution in [2.45, 2.75) is 19.0 Å². The summed E-state index contributed by atoms with van der Waals surface area (Å²) in [6.07, 6.45) is 0. The number of ether oxygens (including phenoxy) is 1. The van der Waals surface area contributed by atoms with Crippen LogP contribution in [0.3, 0.4) is 0 Å². The van der Waals surface area contributed by atoms with Crippen LogP contribution in [0.25, 0.3) is 10.8 Å². The van der Waals surface area contributed by atoms with Crippen LogP contribution >= 0.6 is 0 Å². The van der Waals surface area contributed by atoms with E-state index in [0.29, 0.717) is 6.61 Å². The molecular formula is C16H21NO2. The highest BCUT2D eigenvalue weighted by Gasteiger charge is 2.14. The molecule has 2 unspecified atom stereocenters. The Kier molecular flexibility index (Phi) is 4.91. The fraction of sp³-hybridized carbons (Fsp3) is 0.375. The van der Waals surface area contributed by atoms with Gasteiger partial charge in [-0.2, -0.15) is 0 Å². The molecule has 0 aliphatic carbocycles. The molecule has 2 atom stereocenters. The molecule has 3 heteroatoms. The van der Waals surface area contributed by atoms with E-state index in [1.54, 1.807) is 7.11 Å². The van der Waals surface area contributed by atoms with Gasteiger partial charge >= 0.3 is 0 Å². The summed E-state index contributed by atoms with van der Waals surface area (Å²) in [7, 11) is 1.65. The highest BCUT2D eigenvalue weighted by Crippen LogP contribution is 2.24. The molecule has 0 amide bonds. The maximum absolute atomic E-state index is 9.32. The summed E-state index contributed by atoms with van der Waals surface area (Å²) < 4.78 is 5.10. The number of rotatable bonds is 6. The van der Waals surface area contributed by atoms with Crippen LogP contribution in [0.15, 0.2) is 42.5 Å². The second-order valence-electron chi connectivity index (χ2n) is 4.79. The van der Waals surface area contributed by atoms with Crippen molar-refractivity contribution in [3.8, 4) is 0 Å². The number of nitrogens with one attached hydrogen (secondary N) is 1. The highest BCUT2D eigenvalue weighted by molar-refractivity contribution is 5.86. The fourth-order valence-electron chi connectivity index (χ4n) is 2.43. The second kappa shape index (κ2) is 6.66. The summed E-state index contributed by atoms with van der Waals surface area (Å²) in [5, 5.41) is 15.2. The van der Waals surface area contributed by atoms with Crippen LogP contribution in [0, 0.1) is 0 Å². The lowest BCUT2D eigenvalue weighted by Gasteiger charge is -2.22. The normalized spacial score (nSPS) is 14.5. The van der Waals surface area contributed by atoms with Gasteiger partial charge in [0.15, 0.2) is 0 Å². The minimum absolute atomic E-state index is 0.0426. The third kappa shape index (κ3) is 3.32. The molecule has 0 fully saturated rings. The van der Waals surface area contributed by atoms with Crippen LogP contribution in [-0.4, -0.2) is 31.5 Å². The molecule has 0 spiro atoms. The van der Waals surface area contributed by atoms with Crippen molar-refractivity contribution in [3.63, 3.8) is 0 Å². The third-order valence-electron chi connectivity index (χ3n) is 3.36. The number of aliphatic hydroxyl groups is 1. The minimum Gasteiger partial charge on any atom is -0.395 e. The molecule has 2 rings (SSSR count). The van der Waals surface area contributed by atoms with Gasteiger partial charge in [-0.05, 0) is 23.3 Å². The van der Waals surface area contributed by atoms with Crippen molar-refractivity contribution in [2.75, 3.05) is 20.3 Å². The summed E-state index contributed by atoms with van der Waals surface area (Å²) in [6.45, 7) is 2.69. The molecule has 102 valence electrons. The van der Waals surface area contributed by atoms with E-state index in [1.807, 2.05) is 6.07 Å². The first-order valence-corrected chi connectivity index (χ1v) is 6.59. The summed E-state index contributed by atoms with van der Waals surface area (Å²) in [5.41, 5.74) is 1.24. The van der Waals surface area contributed by atoms with E-state index in [1.165, 1.54) is 16.3 Å². The average Bonchev–Trinajstić information content (AvgIpc) is 2.46. The van der Waals surface area contributed by atoms with Crippen molar-refractivity contribution < 1.29 is 9.84 Å². The Morgan fingerprint density at radius 3 is 2.63 bits per heavy atom. The Labute approximate surface area is 114 Å². The molecule has 2 N–H and O–H groups in total. The van der Waals surface area contributed by atoms with Gasteiger partial charge < -0.3 is 15.2 Å². The van der Waals surface area contributed by atoms with E-state index in [2.05, 4.69) is 48.6 Å². The van der Waals surface area contributed by atoms with Crippen LogP contribution < -0.4 is 5.32 Å². The maximum atomic E-state index is 9.32. The molecule has 2 aromatic rings. The molecule has 0 aliphatic heterocycles. The van der Waals surface area contributed by atoms with E-state index in [0.717, 1.165) is 0 Å². The first-order chi connectivity index (χ1) is 9.26. The third-order valence-corrected chi connectivity index (χ3v) is 3.36. The van der Waals surface area contributed by atoms with E-state index in [4.69, 9.17) is 4.74 Å². The number of benzene rings is 2. The smallest absolute Gasteiger partial charge is 0.0638 e. The Hall–Kier alpha value is -1.42. The maximum Gasteiger partial charge on any atom is 0.0638 e. The van der Waals surface area contributed by atoms with Gasteiger partial charge in [0, 0.05) is 13.2 Å². The molecule has 19 heavy (non-hydrogen) atoms. The zero-order chi connectivity index (χ0) is 13.7. The number of methoxy groups -OCH3 is 1. The molecule has 0 radical (unpaired) electrons. The lowest BCUT2D eigenvalue weighted by molar-refractivity contribution is 0.123. The molecule has 3 nitrogen and oxygen atoms in total. The van der Waals surface area contributed by atoms with Gasteiger partial charge in [0.05, 0.1) is 19.3 Å². The van der Waals surface area contributed by atoms with Gasteiger partial charge in [-0.25, -0.2) is 0 Å². The zero-order valence-electron chi connectivity index (χ0n) is 11.5. The van der Waals surface area contributed by atoms with Crippen molar-refractivity contribution in [3.05, 3.63) is 48.0 Å². The van der Waals surface area contributed by atoms with Crippen LogP contribution in [0.2, 0.25) is 0 Å². The van der Waals surface area contributed by atoms with E-state index < -0.39 is 0 Å². The Morgan fingerprint density at radius 1 is 1.16 bits per heavy atom. The summed E-state index contributed by atoms with van der Waals surface area (Å²) >= 11 is 0. The summed E-state index contributed by atoms with van der Waals surface area (Å²) in [5.74, 6) is 0. The van der Waals surface area contributed by atoms with Gasteiger partial charge in [0.1, 0.15) is 0 Å². The van der Waals surface area contributed by atoms with Crippen LogP contribution in [0.4, 0.5) is 0 Å². The predicted molar refractivity (Wildman–Crippen MR) is 78.2 cm³/mol. The number of aliphatic hydroxyl groups excluding tert-OH is 1. The highest BCUT2D eigenvalue weighted by atomic mass is 16.5. The van der Waals surface area contributed by atoms with E-state index >= 15 is 0 Å². The standard InChI is InChI=1S/C16H21NO2/c1-12(17-14(10-18)11-19-2)15-9-5-7-13-6-3-4-8-16(13)15/h3-9,12,14,17-18H,10-11H2,1-2H3. The first kappa shape index (κ1) is 14.0. The van der Waals surface area contributed by atoms with Crippen molar-refractivity contribution in [2.24, 2.45) is 0 Å². The Balaban J connectivity index is 2.23. The first-order valence-electron chi connectivity index (χ1n) is 6.59. The van der Waals surface area contributed by atoms with Crippen LogP contribution in [0.5, 0.6) is 0 Å². The Morgan fingerprint density at radius 2 is 1.89 bits per heavy atom. The van der Waals surface area contributed by atoms with Crippen LogP contribution in [-0.2, 0) is 4.74 Å². The van der Waals surface area contributed by atoms with E-state index in [-0.39, 0.29) is 18.7 Å². The molecular weight excluding hydrogens is 238 g/mol. The summed E-state index contributed by atoms with van der Waals surface area (Å²) in [4.78, 5) is 0. The van der Waals surface area contributed by atoms with E-state index in [9.17, 15) is 5.11 Å². The summed E-state index contributed by atoms with van der Waals surface area (Å²) in [6, 6.07) is 14.8. The van der Waals surface area contributed by atoms with Gasteiger partial charge in [-0.15, -0.1) is 0 Å². The Bertz CT molecular complexity index is 522. The van der Waals surface area contributed by atoms with Gasteiger partial charge in [-0.1, -0.05) is 42.5 Å². The molecule has 0 saturated carbocycles. The second-order valence-corrected chi connectivity index (χ2v) is 4.79. The SMILES string of the molecule is COCC(CO)NC(C)c1cccc2ccccc12. The van der Waals surface area contributed by atoms with Crippen molar-refractivity contribution >= 4 is 10.8 Å². The topological polar surface area (TPSA) is 41.5 Å². The number of fused-ring (bicyclic) bond motifs is 1. The van der Waals surface area contributed by atoms with Gasteiger partial charge in [0.25, 0.3) is 0 Å². The molecule has 0 bridgehead atoms. The molecule has 0 heterocycles. The number of hydrogen-bond donors (Lipinski definition) is 2. The lowest BCUT2D eigenvalue weighted by Crippen LogP contribution is -2.38. The largest absolute Gasteiger partial charge is 0.395 e. The monoisotopic (exact) mass is 259 g/mol.